The summed E-state index contributed by atoms with van der Waals surface area (Å²) < 4.78 is 0. The number of carbonyl (C=O) groups excluding carboxylic acids is 1. The lowest BCUT2D eigenvalue weighted by Gasteiger charge is -2.32. The highest BCUT2D eigenvalue weighted by molar-refractivity contribution is 7.99. The minimum Gasteiger partial charge on any atom is -0.356 e. The zero-order valence-corrected chi connectivity index (χ0v) is 19.8. The molecule has 0 spiro atoms. The van der Waals surface area contributed by atoms with Gasteiger partial charge in [0.25, 0.3) is 5.91 Å². The Morgan fingerprint density at radius 1 is 1.00 bits per heavy atom. The summed E-state index contributed by atoms with van der Waals surface area (Å²) in [5.41, 5.74) is 3.33. The minimum atomic E-state index is -0.117. The fourth-order valence-corrected chi connectivity index (χ4v) is 4.35. The number of aromatic amines is 1. The number of benzene rings is 2. The van der Waals surface area contributed by atoms with E-state index in [9.17, 15) is 4.79 Å². The lowest BCUT2D eigenvalue weighted by molar-refractivity contribution is 0.102. The highest BCUT2D eigenvalue weighted by Gasteiger charge is 2.18. The molecule has 172 valence electrons. The van der Waals surface area contributed by atoms with Crippen LogP contribution in [0, 0.1) is 13.8 Å². The van der Waals surface area contributed by atoms with Gasteiger partial charge in [-0.1, -0.05) is 18.2 Å². The Morgan fingerprint density at radius 2 is 1.79 bits per heavy atom. The van der Waals surface area contributed by atoms with Crippen molar-refractivity contribution >= 4 is 40.8 Å². The van der Waals surface area contributed by atoms with E-state index in [0.29, 0.717) is 16.5 Å². The molecule has 0 saturated carbocycles. The molecule has 0 unspecified atom stereocenters. The van der Waals surface area contributed by atoms with Crippen molar-refractivity contribution in [2.45, 2.75) is 30.3 Å². The third-order valence-corrected chi connectivity index (χ3v) is 6.42. The second-order valence-corrected chi connectivity index (χ2v) is 9.23. The van der Waals surface area contributed by atoms with Gasteiger partial charge in [0.15, 0.2) is 11.0 Å². The van der Waals surface area contributed by atoms with Gasteiger partial charge in [0, 0.05) is 47.1 Å². The second kappa shape index (κ2) is 9.56. The van der Waals surface area contributed by atoms with Crippen molar-refractivity contribution in [2.24, 2.45) is 0 Å². The van der Waals surface area contributed by atoms with E-state index in [1.165, 1.54) is 18.2 Å². The van der Waals surface area contributed by atoms with Crippen LogP contribution in [0.15, 0.2) is 70.7 Å². The largest absolute Gasteiger partial charge is 0.356 e. The fraction of sp³-hybridized carbons (Fsp3) is 0.200. The molecular formula is C25H25N7OS. The summed E-state index contributed by atoms with van der Waals surface area (Å²) in [5.74, 6) is 2.21. The Morgan fingerprint density at radius 3 is 2.47 bits per heavy atom. The van der Waals surface area contributed by atoms with Gasteiger partial charge in [-0.25, -0.2) is 9.97 Å². The Balaban J connectivity index is 1.31. The van der Waals surface area contributed by atoms with Gasteiger partial charge in [-0.05, 0) is 67.9 Å². The molecule has 0 aliphatic carbocycles. The Hall–Kier alpha value is -3.85. The van der Waals surface area contributed by atoms with Crippen molar-refractivity contribution in [2.75, 3.05) is 28.6 Å². The highest BCUT2D eigenvalue weighted by atomic mass is 32.2. The summed E-state index contributed by atoms with van der Waals surface area (Å²) in [4.78, 5) is 25.2. The Kier molecular flexibility index (Phi) is 6.18. The number of nitrogens with one attached hydrogen (secondary N) is 3. The maximum atomic E-state index is 12.6. The van der Waals surface area contributed by atoms with E-state index in [0.717, 1.165) is 46.6 Å². The number of anilines is 4. The van der Waals surface area contributed by atoms with Crippen LogP contribution in [0.2, 0.25) is 0 Å². The first-order valence-electron chi connectivity index (χ1n) is 11.1. The molecule has 9 heteroatoms. The van der Waals surface area contributed by atoms with Gasteiger partial charge in [-0.3, -0.25) is 9.89 Å². The third kappa shape index (κ3) is 5.04. The molecule has 1 amide bonds. The summed E-state index contributed by atoms with van der Waals surface area (Å²) >= 11 is 1.48. The number of aryl methyl sites for hydroxylation is 2. The van der Waals surface area contributed by atoms with E-state index < -0.39 is 0 Å². The van der Waals surface area contributed by atoms with Gasteiger partial charge >= 0.3 is 0 Å². The number of nitrogens with zero attached hydrogens (tertiary/aromatic N) is 4. The predicted octanol–water partition coefficient (Wildman–Crippen LogP) is 5.17. The number of carbonyl (C=O) groups is 1. The molecule has 0 bridgehead atoms. The van der Waals surface area contributed by atoms with E-state index >= 15 is 0 Å². The zero-order chi connectivity index (χ0) is 23.5. The molecule has 3 heterocycles. The van der Waals surface area contributed by atoms with Crippen LogP contribution in [0.1, 0.15) is 28.0 Å². The zero-order valence-electron chi connectivity index (χ0n) is 19.0. The second-order valence-electron chi connectivity index (χ2n) is 8.19. The van der Waals surface area contributed by atoms with Crippen LogP contribution in [0.3, 0.4) is 0 Å². The molecule has 0 atom stereocenters. The molecule has 34 heavy (non-hydrogen) atoms. The van der Waals surface area contributed by atoms with Crippen LogP contribution >= 0.6 is 11.8 Å². The van der Waals surface area contributed by atoms with Crippen molar-refractivity contribution in [1.29, 1.82) is 0 Å². The van der Waals surface area contributed by atoms with Gasteiger partial charge in [0.05, 0.1) is 0 Å². The number of aromatic nitrogens is 4. The standard InChI is InChI=1S/C25H25N7OS/c1-16-6-3-4-7-20(16)24(33)26-18-8-10-19(11-9-18)34-25-28-21(27-22-14-17(2)30-31-22)15-23(29-25)32-12-5-13-32/h3-4,6-11,14-15H,5,12-13H2,1-2H3,(H,26,33)(H2,27,28,29,30,31). The first-order valence-corrected chi connectivity index (χ1v) is 11.9. The molecule has 4 aromatic rings. The predicted molar refractivity (Wildman–Crippen MR) is 135 cm³/mol. The SMILES string of the molecule is Cc1cc(Nc2cc(N3CCC3)nc(Sc3ccc(NC(=O)c4ccccc4C)cc3)n2)n[nH]1. The summed E-state index contributed by atoms with van der Waals surface area (Å²) in [6, 6.07) is 19.1. The molecule has 1 saturated heterocycles. The quantitative estimate of drug-likeness (QED) is 0.320. The van der Waals surface area contributed by atoms with Crippen LogP contribution < -0.4 is 15.5 Å². The van der Waals surface area contributed by atoms with Gasteiger partial charge < -0.3 is 15.5 Å². The number of rotatable bonds is 7. The van der Waals surface area contributed by atoms with Gasteiger partial charge in [0.2, 0.25) is 0 Å². The molecule has 1 aliphatic rings. The van der Waals surface area contributed by atoms with Crippen LogP contribution in [0.25, 0.3) is 0 Å². The highest BCUT2D eigenvalue weighted by Crippen LogP contribution is 2.31. The molecule has 2 aromatic carbocycles. The van der Waals surface area contributed by atoms with Crippen molar-refractivity contribution in [3.8, 4) is 0 Å². The first-order chi connectivity index (χ1) is 16.5. The fourth-order valence-electron chi connectivity index (χ4n) is 3.58. The van der Waals surface area contributed by atoms with Crippen molar-refractivity contribution < 1.29 is 4.79 Å². The number of H-pyrrole nitrogens is 1. The van der Waals surface area contributed by atoms with Crippen molar-refractivity contribution in [3.63, 3.8) is 0 Å². The number of hydrogen-bond acceptors (Lipinski definition) is 7. The molecule has 3 N–H and O–H groups in total. The smallest absolute Gasteiger partial charge is 0.255 e. The number of hydrogen-bond donors (Lipinski definition) is 3. The van der Waals surface area contributed by atoms with E-state index in [2.05, 4.69) is 30.7 Å². The van der Waals surface area contributed by atoms with E-state index in [-0.39, 0.29) is 5.91 Å². The van der Waals surface area contributed by atoms with Crippen LogP contribution in [-0.4, -0.2) is 39.2 Å². The maximum absolute atomic E-state index is 12.6. The van der Waals surface area contributed by atoms with Crippen LogP contribution in [-0.2, 0) is 0 Å². The van der Waals surface area contributed by atoms with E-state index in [4.69, 9.17) is 4.98 Å². The van der Waals surface area contributed by atoms with Crippen molar-refractivity contribution in [1.82, 2.24) is 20.2 Å². The van der Waals surface area contributed by atoms with E-state index in [1.807, 2.05) is 74.5 Å². The number of amides is 1. The summed E-state index contributed by atoms with van der Waals surface area (Å²) in [6.07, 6.45) is 1.17. The van der Waals surface area contributed by atoms with Gasteiger partial charge in [-0.2, -0.15) is 5.10 Å². The third-order valence-electron chi connectivity index (χ3n) is 5.55. The normalized spacial score (nSPS) is 12.8. The van der Waals surface area contributed by atoms with Crippen molar-refractivity contribution in [3.05, 3.63) is 77.5 Å². The Labute approximate surface area is 202 Å². The van der Waals surface area contributed by atoms with Gasteiger partial charge in [-0.15, -0.1) is 0 Å². The molecule has 8 nitrogen and oxygen atoms in total. The first kappa shape index (κ1) is 22.0. The molecule has 2 aromatic heterocycles. The summed E-state index contributed by atoms with van der Waals surface area (Å²) in [5, 5.41) is 14.1. The molecule has 1 fully saturated rings. The lowest BCUT2D eigenvalue weighted by Crippen LogP contribution is -2.37. The molecule has 0 radical (unpaired) electrons. The Bertz CT molecular complexity index is 1320. The van der Waals surface area contributed by atoms with E-state index in [1.54, 1.807) is 0 Å². The maximum Gasteiger partial charge on any atom is 0.255 e. The summed E-state index contributed by atoms with van der Waals surface area (Å²) in [6.45, 7) is 5.88. The topological polar surface area (TPSA) is 98.8 Å². The minimum absolute atomic E-state index is 0.117. The van der Waals surface area contributed by atoms with Gasteiger partial charge in [0.1, 0.15) is 11.6 Å². The average molecular weight is 472 g/mol. The molecule has 5 rings (SSSR count). The van der Waals surface area contributed by atoms with Crippen LogP contribution in [0.5, 0.6) is 0 Å². The summed E-state index contributed by atoms with van der Waals surface area (Å²) in [7, 11) is 0. The van der Waals surface area contributed by atoms with Crippen LogP contribution in [0.4, 0.5) is 23.1 Å². The lowest BCUT2D eigenvalue weighted by atomic mass is 10.1. The molecular weight excluding hydrogens is 446 g/mol. The monoisotopic (exact) mass is 471 g/mol. The molecule has 1 aliphatic heterocycles. The average Bonchev–Trinajstić information content (AvgIpc) is 3.18.